The highest BCUT2D eigenvalue weighted by molar-refractivity contribution is 6.28. The minimum absolute atomic E-state index is 0.00579. The Bertz CT molecular complexity index is 1380. The van der Waals surface area contributed by atoms with Gasteiger partial charge < -0.3 is 10.6 Å². The van der Waals surface area contributed by atoms with Crippen LogP contribution in [0.3, 0.4) is 0 Å². The Morgan fingerprint density at radius 1 is 0.973 bits per heavy atom. The van der Waals surface area contributed by atoms with E-state index in [1.165, 1.54) is 24.7 Å². The Labute approximate surface area is 219 Å². The van der Waals surface area contributed by atoms with Crippen molar-refractivity contribution in [3.8, 4) is 11.3 Å². The number of hydrogen-bond donors (Lipinski definition) is 1. The van der Waals surface area contributed by atoms with Gasteiger partial charge in [0, 0.05) is 62.1 Å². The molecule has 194 valence electrons. The molecule has 2 aliphatic heterocycles. The molecule has 0 radical (unpaired) electrons. The van der Waals surface area contributed by atoms with E-state index < -0.39 is 11.6 Å². The third kappa shape index (κ3) is 5.71. The maximum absolute atomic E-state index is 14.2. The molecule has 8 nitrogen and oxygen atoms in total. The zero-order chi connectivity index (χ0) is 25.9. The van der Waals surface area contributed by atoms with Crippen LogP contribution in [-0.4, -0.2) is 67.3 Å². The molecular formula is C26H29ClF2N8. The molecular weight excluding hydrogens is 498 g/mol. The predicted octanol–water partition coefficient (Wildman–Crippen LogP) is 4.17. The van der Waals surface area contributed by atoms with Gasteiger partial charge >= 0.3 is 0 Å². The second-order valence-corrected chi connectivity index (χ2v) is 9.60. The van der Waals surface area contributed by atoms with Crippen LogP contribution in [0.25, 0.3) is 22.2 Å². The van der Waals surface area contributed by atoms with Crippen LogP contribution < -0.4 is 5.73 Å². The van der Waals surface area contributed by atoms with Gasteiger partial charge in [-0.15, -0.1) is 0 Å². The quantitative estimate of drug-likeness (QED) is 0.399. The van der Waals surface area contributed by atoms with Gasteiger partial charge in [-0.25, -0.2) is 23.7 Å². The van der Waals surface area contributed by atoms with Crippen molar-refractivity contribution in [3.05, 3.63) is 64.8 Å². The first-order valence-electron chi connectivity index (χ1n) is 12.4. The normalized spacial score (nSPS) is 16.0. The number of nitrogens with two attached hydrogens (primary N) is 1. The highest BCUT2D eigenvalue weighted by Gasteiger charge is 2.21. The third-order valence-corrected chi connectivity index (χ3v) is 7.03. The summed E-state index contributed by atoms with van der Waals surface area (Å²) in [5.41, 5.74) is 8.44. The number of aryl methyl sites for hydroxylation is 2. The number of hydrogen-bond acceptors (Lipinski definition) is 7. The third-order valence-electron chi connectivity index (χ3n) is 6.84. The summed E-state index contributed by atoms with van der Waals surface area (Å²) in [4.78, 5) is 16.5. The van der Waals surface area contributed by atoms with Crippen molar-refractivity contribution in [1.29, 1.82) is 0 Å². The highest BCUT2D eigenvalue weighted by Crippen LogP contribution is 2.32. The molecule has 0 aliphatic carbocycles. The molecule has 2 aliphatic rings. The summed E-state index contributed by atoms with van der Waals surface area (Å²) in [6, 6.07) is 6.88. The van der Waals surface area contributed by atoms with Gasteiger partial charge in [0.25, 0.3) is 0 Å². The lowest BCUT2D eigenvalue weighted by molar-refractivity contribution is 0.132. The number of anilines is 1. The lowest BCUT2D eigenvalue weighted by Gasteiger charge is -2.33. The van der Waals surface area contributed by atoms with Gasteiger partial charge in [-0.2, -0.15) is 5.10 Å². The lowest BCUT2D eigenvalue weighted by atomic mass is 10.1. The summed E-state index contributed by atoms with van der Waals surface area (Å²) in [7, 11) is 0. The molecule has 4 aromatic rings. The van der Waals surface area contributed by atoms with Gasteiger partial charge in [0.05, 0.1) is 6.20 Å². The summed E-state index contributed by atoms with van der Waals surface area (Å²) in [6.07, 6.45) is 4.68. The molecule has 1 aromatic carbocycles. The monoisotopic (exact) mass is 526 g/mol. The van der Waals surface area contributed by atoms with Gasteiger partial charge in [0.2, 0.25) is 5.28 Å². The first-order valence-corrected chi connectivity index (χ1v) is 12.8. The number of rotatable bonds is 4. The summed E-state index contributed by atoms with van der Waals surface area (Å²) < 4.78 is 29.9. The van der Waals surface area contributed by atoms with E-state index in [4.69, 9.17) is 17.3 Å². The molecule has 2 N–H and O–H groups in total. The first kappa shape index (κ1) is 25.4. The number of piperazine rings is 1. The van der Waals surface area contributed by atoms with Gasteiger partial charge in [0.1, 0.15) is 17.0 Å². The van der Waals surface area contributed by atoms with Crippen LogP contribution in [0.2, 0.25) is 5.28 Å². The molecule has 1 fully saturated rings. The van der Waals surface area contributed by atoms with E-state index in [9.17, 15) is 8.78 Å². The molecule has 6 rings (SSSR count). The first-order chi connectivity index (χ1) is 17.9. The molecule has 11 heteroatoms. The Balaban J connectivity index is 0.000000158. The highest BCUT2D eigenvalue weighted by atomic mass is 35.5. The van der Waals surface area contributed by atoms with E-state index in [2.05, 4.69) is 42.8 Å². The molecule has 3 aromatic heterocycles. The van der Waals surface area contributed by atoms with Crippen LogP contribution in [-0.2, 0) is 19.5 Å². The molecule has 0 unspecified atom stereocenters. The predicted molar refractivity (Wildman–Crippen MR) is 140 cm³/mol. The molecule has 0 spiro atoms. The summed E-state index contributed by atoms with van der Waals surface area (Å²) in [6.45, 7) is 9.82. The summed E-state index contributed by atoms with van der Waals surface area (Å²) >= 11 is 5.70. The van der Waals surface area contributed by atoms with Gasteiger partial charge in [-0.3, -0.25) is 9.58 Å². The summed E-state index contributed by atoms with van der Waals surface area (Å²) in [5, 5.41) is 4.89. The molecule has 0 bridgehead atoms. The van der Waals surface area contributed by atoms with E-state index in [1.807, 2.05) is 12.3 Å². The van der Waals surface area contributed by atoms with Gasteiger partial charge in [0.15, 0.2) is 11.6 Å². The summed E-state index contributed by atoms with van der Waals surface area (Å²) in [5.74, 6) is -0.528. The second-order valence-electron chi connectivity index (χ2n) is 9.26. The van der Waals surface area contributed by atoms with Crippen LogP contribution in [0, 0.1) is 11.6 Å². The Kier molecular flexibility index (Phi) is 7.59. The number of likely N-dealkylation sites (N-methyl/N-ethyl adjacent to an activating group) is 1. The van der Waals surface area contributed by atoms with Crippen LogP contribution in [0.4, 0.5) is 14.6 Å². The average molecular weight is 527 g/mol. The molecule has 0 saturated carbocycles. The SMILES string of the molecule is CCN1CCN(Cc2ccc(N)nc2)CC1.Fc1cnc(Cl)nc1-c1cc(F)c2nn3c(c2c1)CCC3. The molecule has 1 saturated heterocycles. The van der Waals surface area contributed by atoms with Crippen molar-refractivity contribution in [2.75, 3.05) is 38.5 Å². The van der Waals surface area contributed by atoms with Crippen molar-refractivity contribution in [3.63, 3.8) is 0 Å². The molecule has 0 amide bonds. The minimum Gasteiger partial charge on any atom is -0.384 e. The van der Waals surface area contributed by atoms with Crippen molar-refractivity contribution >= 4 is 28.3 Å². The van der Waals surface area contributed by atoms with Crippen LogP contribution in [0.15, 0.2) is 36.7 Å². The van der Waals surface area contributed by atoms with Gasteiger partial charge in [-0.05, 0) is 54.7 Å². The fourth-order valence-electron chi connectivity index (χ4n) is 4.82. The van der Waals surface area contributed by atoms with Crippen molar-refractivity contribution in [2.24, 2.45) is 0 Å². The molecule has 5 heterocycles. The Morgan fingerprint density at radius 2 is 1.76 bits per heavy atom. The number of benzene rings is 1. The number of fused-ring (bicyclic) bond motifs is 3. The molecule has 0 atom stereocenters. The minimum atomic E-state index is -0.637. The number of pyridine rings is 1. The maximum atomic E-state index is 14.2. The Hall–Kier alpha value is -3.21. The zero-order valence-corrected chi connectivity index (χ0v) is 21.4. The lowest BCUT2D eigenvalue weighted by Crippen LogP contribution is -2.45. The van der Waals surface area contributed by atoms with E-state index in [-0.39, 0.29) is 11.0 Å². The zero-order valence-electron chi connectivity index (χ0n) is 20.7. The van der Waals surface area contributed by atoms with Crippen LogP contribution in [0.1, 0.15) is 24.6 Å². The number of halogens is 3. The van der Waals surface area contributed by atoms with E-state index in [0.29, 0.717) is 22.3 Å². The van der Waals surface area contributed by atoms with E-state index >= 15 is 0 Å². The van der Waals surface area contributed by atoms with Crippen molar-refractivity contribution in [2.45, 2.75) is 32.9 Å². The second kappa shape index (κ2) is 11.0. The standard InChI is InChI=1S/C14H9ClF2N4.C12H20N4/c15-14-18-6-10(17)12(19-14)7-4-8-11-2-1-3-21(11)20-13(8)9(16)5-7;1-2-15-5-7-16(8-6-15)10-11-3-4-12(13)14-9-11/h4-6H,1-3H2;3-4,9H,2,5-8,10H2,1H3,(H2,13,14). The molecule has 37 heavy (non-hydrogen) atoms. The van der Waals surface area contributed by atoms with Crippen molar-refractivity contribution in [1.82, 2.24) is 34.5 Å². The van der Waals surface area contributed by atoms with Crippen LogP contribution in [0.5, 0.6) is 0 Å². The number of aromatic nitrogens is 5. The fourth-order valence-corrected chi connectivity index (χ4v) is 4.96. The average Bonchev–Trinajstić information content (AvgIpc) is 3.50. The number of nitrogen functional groups attached to an aromatic ring is 1. The maximum Gasteiger partial charge on any atom is 0.223 e. The Morgan fingerprint density at radius 3 is 2.49 bits per heavy atom. The van der Waals surface area contributed by atoms with E-state index in [0.717, 1.165) is 57.5 Å². The fraction of sp³-hybridized carbons (Fsp3) is 0.385. The van der Waals surface area contributed by atoms with Gasteiger partial charge in [-0.1, -0.05) is 13.0 Å². The van der Waals surface area contributed by atoms with Crippen LogP contribution >= 0.6 is 11.6 Å². The largest absolute Gasteiger partial charge is 0.384 e. The number of nitrogens with zero attached hydrogens (tertiary/aromatic N) is 7. The smallest absolute Gasteiger partial charge is 0.223 e. The van der Waals surface area contributed by atoms with Crippen molar-refractivity contribution < 1.29 is 8.78 Å². The van der Waals surface area contributed by atoms with E-state index in [1.54, 1.807) is 10.7 Å². The topological polar surface area (TPSA) is 89.0 Å².